The van der Waals surface area contributed by atoms with E-state index in [4.69, 9.17) is 14.2 Å². The summed E-state index contributed by atoms with van der Waals surface area (Å²) in [5.74, 6) is 0.711. The van der Waals surface area contributed by atoms with Crippen LogP contribution in [0, 0.1) is 5.92 Å². The maximum absolute atomic E-state index is 11.6. The van der Waals surface area contributed by atoms with E-state index in [1.54, 1.807) is 0 Å². The number of carbonyl (C=O) groups is 1. The van der Waals surface area contributed by atoms with Crippen LogP contribution < -0.4 is 0 Å². The minimum atomic E-state index is -0.0979. The summed E-state index contributed by atoms with van der Waals surface area (Å²) in [5, 5.41) is 0. The van der Waals surface area contributed by atoms with Crippen LogP contribution >= 0.6 is 0 Å². The number of hydrogen-bond donors (Lipinski definition) is 0. The molecule has 0 rings (SSSR count). The fourth-order valence-electron chi connectivity index (χ4n) is 2.54. The molecular weight excluding hydrogens is 316 g/mol. The van der Waals surface area contributed by atoms with Gasteiger partial charge in [-0.05, 0) is 25.2 Å². The van der Waals surface area contributed by atoms with E-state index < -0.39 is 0 Å². The molecule has 4 nitrogen and oxygen atoms in total. The topological polar surface area (TPSA) is 44.8 Å². The van der Waals surface area contributed by atoms with Crippen molar-refractivity contribution < 1.29 is 19.0 Å². The van der Waals surface area contributed by atoms with Crippen molar-refractivity contribution in [3.05, 3.63) is 0 Å². The summed E-state index contributed by atoms with van der Waals surface area (Å²) >= 11 is 0. The van der Waals surface area contributed by atoms with Gasteiger partial charge in [0.25, 0.3) is 0 Å². The summed E-state index contributed by atoms with van der Waals surface area (Å²) in [7, 11) is 0. The Bertz CT molecular complexity index is 279. The molecule has 0 aliphatic rings. The van der Waals surface area contributed by atoms with Gasteiger partial charge < -0.3 is 14.2 Å². The van der Waals surface area contributed by atoms with Crippen molar-refractivity contribution in [2.75, 3.05) is 33.0 Å². The number of ether oxygens (including phenoxy) is 3. The summed E-state index contributed by atoms with van der Waals surface area (Å²) in [6, 6.07) is 0. The van der Waals surface area contributed by atoms with E-state index >= 15 is 0 Å². The van der Waals surface area contributed by atoms with Crippen LogP contribution in [0.25, 0.3) is 0 Å². The highest BCUT2D eigenvalue weighted by atomic mass is 16.5. The van der Waals surface area contributed by atoms with Gasteiger partial charge in [0.1, 0.15) is 0 Å². The molecule has 0 N–H and O–H groups in total. The SMILES string of the molecule is CCCCCOCCOCCCC(=O)OCCCCCCCC(C)C. The van der Waals surface area contributed by atoms with Crippen LogP contribution in [0.5, 0.6) is 0 Å². The van der Waals surface area contributed by atoms with Gasteiger partial charge in [0.15, 0.2) is 0 Å². The minimum Gasteiger partial charge on any atom is -0.466 e. The first kappa shape index (κ1) is 24.4. The highest BCUT2D eigenvalue weighted by molar-refractivity contribution is 5.69. The summed E-state index contributed by atoms with van der Waals surface area (Å²) in [6.45, 7) is 9.96. The fourth-order valence-corrected chi connectivity index (χ4v) is 2.54. The van der Waals surface area contributed by atoms with Crippen LogP contribution in [-0.4, -0.2) is 39.0 Å². The minimum absolute atomic E-state index is 0.0979. The number of unbranched alkanes of at least 4 members (excludes halogenated alkanes) is 6. The van der Waals surface area contributed by atoms with Gasteiger partial charge in [-0.25, -0.2) is 0 Å². The van der Waals surface area contributed by atoms with Crippen molar-refractivity contribution in [3.8, 4) is 0 Å². The molecule has 0 amide bonds. The molecule has 0 aromatic carbocycles. The highest BCUT2D eigenvalue weighted by Crippen LogP contribution is 2.10. The molecule has 0 saturated carbocycles. The predicted octanol–water partition coefficient (Wildman–Crippen LogP) is 5.53. The van der Waals surface area contributed by atoms with Gasteiger partial charge >= 0.3 is 5.97 Å². The van der Waals surface area contributed by atoms with Gasteiger partial charge in [-0.1, -0.05) is 65.7 Å². The standard InChI is InChI=1S/C21H42O4/c1-4-5-10-15-23-18-19-24-16-12-14-21(22)25-17-11-8-6-7-9-13-20(2)3/h20H,4-19H2,1-3H3. The van der Waals surface area contributed by atoms with Crippen LogP contribution in [0.2, 0.25) is 0 Å². The van der Waals surface area contributed by atoms with Gasteiger partial charge in [-0.15, -0.1) is 0 Å². The second kappa shape index (κ2) is 19.7. The van der Waals surface area contributed by atoms with E-state index in [9.17, 15) is 4.79 Å². The number of rotatable bonds is 19. The third-order valence-corrected chi connectivity index (χ3v) is 4.12. The lowest BCUT2D eigenvalue weighted by atomic mass is 10.0. The molecule has 0 atom stereocenters. The van der Waals surface area contributed by atoms with Gasteiger partial charge in [0, 0.05) is 19.6 Å². The van der Waals surface area contributed by atoms with Gasteiger partial charge in [0.05, 0.1) is 19.8 Å². The van der Waals surface area contributed by atoms with E-state index in [0.717, 1.165) is 38.2 Å². The lowest BCUT2D eigenvalue weighted by molar-refractivity contribution is -0.144. The van der Waals surface area contributed by atoms with Gasteiger partial charge in [0.2, 0.25) is 0 Å². The Morgan fingerprint density at radius 3 is 2.00 bits per heavy atom. The molecule has 0 radical (unpaired) electrons. The average molecular weight is 359 g/mol. The lowest BCUT2D eigenvalue weighted by Crippen LogP contribution is -2.09. The number of esters is 1. The maximum atomic E-state index is 11.6. The Kier molecular flexibility index (Phi) is 19.2. The predicted molar refractivity (Wildman–Crippen MR) is 104 cm³/mol. The molecule has 0 unspecified atom stereocenters. The molecule has 0 aliphatic heterocycles. The van der Waals surface area contributed by atoms with Crippen LogP contribution in [0.15, 0.2) is 0 Å². The van der Waals surface area contributed by atoms with E-state index in [2.05, 4.69) is 20.8 Å². The molecule has 0 heterocycles. The van der Waals surface area contributed by atoms with Crippen LogP contribution in [0.1, 0.15) is 91.4 Å². The second-order valence-electron chi connectivity index (χ2n) is 7.21. The van der Waals surface area contributed by atoms with Gasteiger partial charge in [-0.2, -0.15) is 0 Å². The summed E-state index contributed by atoms with van der Waals surface area (Å²) in [6.07, 6.45) is 12.1. The Morgan fingerprint density at radius 1 is 0.720 bits per heavy atom. The zero-order valence-corrected chi connectivity index (χ0v) is 17.0. The van der Waals surface area contributed by atoms with Gasteiger partial charge in [-0.3, -0.25) is 4.79 Å². The molecule has 0 aromatic rings. The first-order chi connectivity index (χ1) is 12.2. The fraction of sp³-hybridized carbons (Fsp3) is 0.952. The third kappa shape index (κ3) is 21.3. The zero-order valence-electron chi connectivity index (χ0n) is 17.0. The first-order valence-electron chi connectivity index (χ1n) is 10.5. The zero-order chi connectivity index (χ0) is 18.6. The van der Waals surface area contributed by atoms with Crippen LogP contribution in [0.4, 0.5) is 0 Å². The highest BCUT2D eigenvalue weighted by Gasteiger charge is 2.02. The first-order valence-corrected chi connectivity index (χ1v) is 10.5. The van der Waals surface area contributed by atoms with Crippen LogP contribution in [0.3, 0.4) is 0 Å². The van der Waals surface area contributed by atoms with Crippen molar-refractivity contribution in [1.29, 1.82) is 0 Å². The maximum Gasteiger partial charge on any atom is 0.305 e. The van der Waals surface area contributed by atoms with E-state index in [0.29, 0.717) is 32.8 Å². The summed E-state index contributed by atoms with van der Waals surface area (Å²) in [4.78, 5) is 11.6. The molecule has 0 fully saturated rings. The van der Waals surface area contributed by atoms with E-state index in [-0.39, 0.29) is 5.97 Å². The smallest absolute Gasteiger partial charge is 0.305 e. The Labute approximate surface area is 156 Å². The Hall–Kier alpha value is -0.610. The molecule has 25 heavy (non-hydrogen) atoms. The monoisotopic (exact) mass is 358 g/mol. The van der Waals surface area contributed by atoms with Crippen molar-refractivity contribution in [1.82, 2.24) is 0 Å². The summed E-state index contributed by atoms with van der Waals surface area (Å²) < 4.78 is 16.2. The third-order valence-electron chi connectivity index (χ3n) is 4.12. The van der Waals surface area contributed by atoms with Crippen molar-refractivity contribution in [3.63, 3.8) is 0 Å². The normalized spacial score (nSPS) is 11.2. The Morgan fingerprint density at radius 2 is 1.32 bits per heavy atom. The second-order valence-corrected chi connectivity index (χ2v) is 7.21. The van der Waals surface area contributed by atoms with Crippen molar-refractivity contribution >= 4 is 5.97 Å². The molecule has 0 aliphatic carbocycles. The van der Waals surface area contributed by atoms with Crippen molar-refractivity contribution in [2.45, 2.75) is 91.4 Å². The molecule has 150 valence electrons. The van der Waals surface area contributed by atoms with Crippen LogP contribution in [-0.2, 0) is 19.0 Å². The quantitative estimate of drug-likeness (QED) is 0.225. The number of hydrogen-bond acceptors (Lipinski definition) is 4. The molecular formula is C21H42O4. The molecule has 4 heteroatoms. The van der Waals surface area contributed by atoms with E-state index in [1.165, 1.54) is 38.5 Å². The largest absolute Gasteiger partial charge is 0.466 e. The Balaban J connectivity index is 3.16. The number of carbonyl (C=O) groups excluding carboxylic acids is 1. The van der Waals surface area contributed by atoms with E-state index in [1.807, 2.05) is 0 Å². The molecule has 0 bridgehead atoms. The lowest BCUT2D eigenvalue weighted by Gasteiger charge is -2.07. The van der Waals surface area contributed by atoms with Crippen molar-refractivity contribution in [2.24, 2.45) is 5.92 Å². The average Bonchev–Trinajstić information content (AvgIpc) is 2.58. The molecule has 0 spiro atoms. The molecule has 0 saturated heterocycles. The summed E-state index contributed by atoms with van der Waals surface area (Å²) in [5.41, 5.74) is 0. The molecule has 0 aromatic heterocycles.